The van der Waals surface area contributed by atoms with Gasteiger partial charge in [-0.15, -0.1) is 0 Å². The van der Waals surface area contributed by atoms with Crippen LogP contribution in [-0.4, -0.2) is 46.5 Å². The summed E-state index contributed by atoms with van der Waals surface area (Å²) in [4.78, 5) is 18.3. The van der Waals surface area contributed by atoms with Gasteiger partial charge in [-0.25, -0.2) is 18.1 Å². The highest BCUT2D eigenvalue weighted by Gasteiger charge is 2.25. The number of hydrogen-bond donors (Lipinski definition) is 1. The van der Waals surface area contributed by atoms with Gasteiger partial charge in [0.15, 0.2) is 11.4 Å². The molecule has 35 heavy (non-hydrogen) atoms. The average Bonchev–Trinajstić information content (AvgIpc) is 3.50. The quantitative estimate of drug-likeness (QED) is 0.374. The first-order chi connectivity index (χ1) is 16.7. The molecule has 0 spiro atoms. The highest BCUT2D eigenvalue weighted by atomic mass is 32.2. The maximum absolute atomic E-state index is 13.5. The molecule has 0 saturated carbocycles. The zero-order chi connectivity index (χ0) is 25.3. The zero-order valence-corrected chi connectivity index (χ0v) is 21.3. The number of anilines is 1. The van der Waals surface area contributed by atoms with Crippen LogP contribution in [0.2, 0.25) is 0 Å². The lowest BCUT2D eigenvalue weighted by atomic mass is 10.1. The number of amides is 1. The maximum atomic E-state index is 13.5. The van der Waals surface area contributed by atoms with Crippen LogP contribution in [0, 0.1) is 6.92 Å². The predicted molar refractivity (Wildman–Crippen MR) is 135 cm³/mol. The third kappa shape index (κ3) is 4.59. The molecule has 10 heteroatoms. The van der Waals surface area contributed by atoms with Crippen LogP contribution in [0.25, 0.3) is 22.5 Å². The largest absolute Gasteiger partial charge is 0.463 e. The summed E-state index contributed by atoms with van der Waals surface area (Å²) in [5, 5.41) is 7.87. The van der Waals surface area contributed by atoms with Crippen molar-refractivity contribution < 1.29 is 17.6 Å². The fourth-order valence-corrected chi connectivity index (χ4v) is 5.70. The number of pyridine rings is 1. The van der Waals surface area contributed by atoms with E-state index in [0.717, 1.165) is 0 Å². The smallest absolute Gasteiger partial charge is 0.256 e. The van der Waals surface area contributed by atoms with E-state index >= 15 is 0 Å². The fourth-order valence-electron chi connectivity index (χ4n) is 3.99. The number of carbonyl (C=O) groups excluding carboxylic acids is 1. The van der Waals surface area contributed by atoms with E-state index in [0.29, 0.717) is 52.4 Å². The molecule has 0 aliphatic carbocycles. The monoisotopic (exact) mass is 495 g/mol. The van der Waals surface area contributed by atoms with Crippen molar-refractivity contribution in [1.29, 1.82) is 0 Å². The number of fused-ring (bicyclic) bond motifs is 1. The molecule has 1 N–H and O–H groups in total. The number of rotatable bonds is 8. The van der Waals surface area contributed by atoms with Crippen LogP contribution in [0.5, 0.6) is 0 Å². The highest BCUT2D eigenvalue weighted by Crippen LogP contribution is 2.28. The number of nitrogens with one attached hydrogen (secondary N) is 1. The Kier molecular flexibility index (Phi) is 6.77. The molecule has 0 atom stereocenters. The van der Waals surface area contributed by atoms with Crippen molar-refractivity contribution in [2.24, 2.45) is 0 Å². The van der Waals surface area contributed by atoms with E-state index in [-0.39, 0.29) is 10.9 Å². The molecule has 0 fully saturated rings. The van der Waals surface area contributed by atoms with E-state index in [1.807, 2.05) is 13.8 Å². The second-order valence-electron chi connectivity index (χ2n) is 8.48. The molecule has 0 bridgehead atoms. The number of aryl methyl sites for hydroxylation is 1. The van der Waals surface area contributed by atoms with Crippen molar-refractivity contribution in [1.82, 2.24) is 19.1 Å². The molecular formula is C25H29N5O4S. The number of benzene rings is 1. The summed E-state index contributed by atoms with van der Waals surface area (Å²) < 4.78 is 34.9. The lowest BCUT2D eigenvalue weighted by molar-refractivity contribution is 0.102. The van der Waals surface area contributed by atoms with Gasteiger partial charge in [-0.2, -0.15) is 9.40 Å². The van der Waals surface area contributed by atoms with E-state index in [4.69, 9.17) is 4.42 Å². The van der Waals surface area contributed by atoms with E-state index in [1.165, 1.54) is 10.4 Å². The number of hydrogen-bond acceptors (Lipinski definition) is 6. The number of carbonyl (C=O) groups is 1. The molecule has 1 aromatic carbocycles. The molecule has 0 saturated heterocycles. The molecular weight excluding hydrogens is 466 g/mol. The lowest BCUT2D eigenvalue weighted by Gasteiger charge is -2.20. The zero-order valence-electron chi connectivity index (χ0n) is 20.4. The Morgan fingerprint density at radius 1 is 1.17 bits per heavy atom. The molecule has 0 unspecified atom stereocenters. The van der Waals surface area contributed by atoms with Gasteiger partial charge >= 0.3 is 0 Å². The Morgan fingerprint density at radius 2 is 1.91 bits per heavy atom. The van der Waals surface area contributed by atoms with Gasteiger partial charge in [-0.3, -0.25) is 4.79 Å². The van der Waals surface area contributed by atoms with E-state index in [9.17, 15) is 13.2 Å². The van der Waals surface area contributed by atoms with Gasteiger partial charge in [0.05, 0.1) is 28.3 Å². The van der Waals surface area contributed by atoms with Gasteiger partial charge in [0.25, 0.3) is 5.91 Å². The van der Waals surface area contributed by atoms with Gasteiger partial charge in [-0.05, 0) is 56.7 Å². The number of aromatic nitrogens is 3. The summed E-state index contributed by atoms with van der Waals surface area (Å²) in [6.07, 6.45) is 3.17. The average molecular weight is 496 g/mol. The van der Waals surface area contributed by atoms with E-state index < -0.39 is 15.9 Å². The molecule has 4 rings (SSSR count). The van der Waals surface area contributed by atoms with E-state index in [2.05, 4.69) is 15.4 Å². The first-order valence-corrected chi connectivity index (χ1v) is 13.0. The summed E-state index contributed by atoms with van der Waals surface area (Å²) in [5.41, 5.74) is 2.42. The maximum Gasteiger partial charge on any atom is 0.256 e. The van der Waals surface area contributed by atoms with Crippen molar-refractivity contribution in [3.8, 4) is 11.5 Å². The molecule has 3 heterocycles. The summed E-state index contributed by atoms with van der Waals surface area (Å²) in [6.45, 7) is 10.0. The van der Waals surface area contributed by atoms with Crippen LogP contribution in [-0.2, 0) is 10.0 Å². The van der Waals surface area contributed by atoms with E-state index in [1.54, 1.807) is 68.2 Å². The minimum absolute atomic E-state index is 0.0349. The standard InChI is InChI=1S/C25H29N5O4S/c1-6-29(7-2)35(32,33)23-13-18(11-10-17(23)5)27-25(31)19-14-21(22-9-8-12-34-22)28-24-20(19)15-26-30(24)16(3)4/h8-16H,6-7H2,1-5H3,(H,27,31). The fraction of sp³-hybridized carbons (Fsp3) is 0.320. The van der Waals surface area contributed by atoms with Crippen molar-refractivity contribution in [3.05, 3.63) is 60.0 Å². The van der Waals surface area contributed by atoms with Crippen LogP contribution in [0.1, 0.15) is 49.7 Å². The first kappa shape index (κ1) is 24.6. The van der Waals surface area contributed by atoms with Crippen LogP contribution in [0.4, 0.5) is 5.69 Å². The Balaban J connectivity index is 1.77. The third-order valence-electron chi connectivity index (χ3n) is 5.84. The molecule has 1 amide bonds. The molecule has 0 aliphatic rings. The van der Waals surface area contributed by atoms with Crippen molar-refractivity contribution >= 4 is 32.7 Å². The van der Waals surface area contributed by atoms with Crippen molar-refractivity contribution in [2.75, 3.05) is 18.4 Å². The highest BCUT2D eigenvalue weighted by molar-refractivity contribution is 7.89. The minimum atomic E-state index is -3.69. The summed E-state index contributed by atoms with van der Waals surface area (Å²) >= 11 is 0. The number of furan rings is 1. The molecule has 184 valence electrons. The van der Waals surface area contributed by atoms with Crippen molar-refractivity contribution in [2.45, 2.75) is 45.6 Å². The van der Waals surface area contributed by atoms with Crippen LogP contribution < -0.4 is 5.32 Å². The normalized spacial score (nSPS) is 12.1. The predicted octanol–water partition coefficient (Wildman–Crippen LogP) is 4.86. The SMILES string of the molecule is CCN(CC)S(=O)(=O)c1cc(NC(=O)c2cc(-c3ccco3)nc3c2cnn3C(C)C)ccc1C. The number of sulfonamides is 1. The molecule has 0 radical (unpaired) electrons. The van der Waals surface area contributed by atoms with Crippen molar-refractivity contribution in [3.63, 3.8) is 0 Å². The summed E-state index contributed by atoms with van der Waals surface area (Å²) in [5.74, 6) is 0.129. The number of nitrogens with zero attached hydrogens (tertiary/aromatic N) is 4. The molecule has 0 aliphatic heterocycles. The Hall–Kier alpha value is -3.50. The van der Waals surface area contributed by atoms with Gasteiger partial charge in [0.1, 0.15) is 5.69 Å². The van der Waals surface area contributed by atoms with Crippen LogP contribution >= 0.6 is 0 Å². The first-order valence-electron chi connectivity index (χ1n) is 11.5. The topological polar surface area (TPSA) is 110 Å². The van der Waals surface area contributed by atoms with Gasteiger partial charge < -0.3 is 9.73 Å². The second kappa shape index (κ2) is 9.63. The summed E-state index contributed by atoms with van der Waals surface area (Å²) in [7, 11) is -3.69. The molecule has 9 nitrogen and oxygen atoms in total. The second-order valence-corrected chi connectivity index (χ2v) is 10.4. The van der Waals surface area contributed by atoms with Gasteiger partial charge in [-0.1, -0.05) is 19.9 Å². The molecule has 3 aromatic heterocycles. The van der Waals surface area contributed by atoms with Crippen LogP contribution in [0.15, 0.2) is 58.2 Å². The third-order valence-corrected chi connectivity index (χ3v) is 8.04. The summed E-state index contributed by atoms with van der Waals surface area (Å²) in [6, 6.07) is 10.1. The Labute approximate surface area is 204 Å². The minimum Gasteiger partial charge on any atom is -0.463 e. The Bertz CT molecular complexity index is 1470. The lowest BCUT2D eigenvalue weighted by Crippen LogP contribution is -2.31. The Morgan fingerprint density at radius 3 is 2.54 bits per heavy atom. The van der Waals surface area contributed by atoms with Crippen LogP contribution in [0.3, 0.4) is 0 Å². The molecule has 4 aromatic rings. The van der Waals surface area contributed by atoms with Gasteiger partial charge in [0.2, 0.25) is 10.0 Å². The van der Waals surface area contributed by atoms with Gasteiger partial charge in [0, 0.05) is 24.8 Å².